The number of carbonyl (C=O) groups is 2. The average Bonchev–Trinajstić information content (AvgIpc) is 2.71. The standard InChI is InChI=1S/C22H27N3O2/c1-17-7-6-12-25(16-17)22(27)20-13-19(14-23-15-20)21(26)24-11-5-10-18-8-3-2-4-9-18/h2-4,8-9,13-15,17H,5-7,10-12,16H2,1H3,(H,24,26). The molecule has 0 bridgehead atoms. The zero-order valence-electron chi connectivity index (χ0n) is 15.9. The second-order valence-electron chi connectivity index (χ2n) is 7.31. The van der Waals surface area contributed by atoms with E-state index in [0.29, 0.717) is 23.6 Å². The third kappa shape index (κ3) is 5.39. The van der Waals surface area contributed by atoms with Crippen molar-refractivity contribution >= 4 is 11.8 Å². The molecule has 1 aliphatic heterocycles. The van der Waals surface area contributed by atoms with Gasteiger partial charge in [-0.05, 0) is 43.2 Å². The fourth-order valence-corrected chi connectivity index (χ4v) is 3.48. The van der Waals surface area contributed by atoms with Crippen LogP contribution in [0.4, 0.5) is 0 Å². The summed E-state index contributed by atoms with van der Waals surface area (Å²) in [4.78, 5) is 31.1. The highest BCUT2D eigenvalue weighted by Gasteiger charge is 2.22. The predicted molar refractivity (Wildman–Crippen MR) is 106 cm³/mol. The van der Waals surface area contributed by atoms with Crippen molar-refractivity contribution < 1.29 is 9.59 Å². The molecule has 2 aromatic rings. The monoisotopic (exact) mass is 365 g/mol. The van der Waals surface area contributed by atoms with Gasteiger partial charge in [0.15, 0.2) is 0 Å². The van der Waals surface area contributed by atoms with E-state index in [9.17, 15) is 9.59 Å². The molecule has 2 heterocycles. The molecule has 1 saturated heterocycles. The van der Waals surface area contributed by atoms with Gasteiger partial charge in [0.25, 0.3) is 11.8 Å². The molecule has 1 fully saturated rings. The Morgan fingerprint density at radius 1 is 1.19 bits per heavy atom. The molecule has 2 amide bonds. The van der Waals surface area contributed by atoms with E-state index in [-0.39, 0.29) is 11.8 Å². The molecule has 0 aliphatic carbocycles. The average molecular weight is 365 g/mol. The molecule has 1 aromatic heterocycles. The number of hydrogen-bond donors (Lipinski definition) is 1. The van der Waals surface area contributed by atoms with Gasteiger partial charge in [0.1, 0.15) is 0 Å². The SMILES string of the molecule is CC1CCCN(C(=O)c2cncc(C(=O)NCCCc3ccccc3)c2)C1. The van der Waals surface area contributed by atoms with E-state index in [1.807, 2.05) is 23.1 Å². The summed E-state index contributed by atoms with van der Waals surface area (Å²) in [5.41, 5.74) is 2.18. The van der Waals surface area contributed by atoms with Gasteiger partial charge in [-0.1, -0.05) is 37.3 Å². The van der Waals surface area contributed by atoms with Gasteiger partial charge < -0.3 is 10.2 Å². The van der Waals surface area contributed by atoms with E-state index < -0.39 is 0 Å². The van der Waals surface area contributed by atoms with Crippen molar-refractivity contribution in [3.8, 4) is 0 Å². The number of rotatable bonds is 6. The minimum Gasteiger partial charge on any atom is -0.352 e. The van der Waals surface area contributed by atoms with E-state index in [2.05, 4.69) is 29.4 Å². The van der Waals surface area contributed by atoms with Crippen molar-refractivity contribution in [2.45, 2.75) is 32.6 Å². The highest BCUT2D eigenvalue weighted by molar-refractivity contribution is 5.99. The Morgan fingerprint density at radius 3 is 2.74 bits per heavy atom. The lowest BCUT2D eigenvalue weighted by atomic mass is 9.99. The molecule has 0 radical (unpaired) electrons. The Labute approximate surface area is 160 Å². The minimum atomic E-state index is -0.183. The number of likely N-dealkylation sites (tertiary alicyclic amines) is 1. The molecule has 1 N–H and O–H groups in total. The molecule has 0 saturated carbocycles. The molecular formula is C22H27N3O2. The molecule has 27 heavy (non-hydrogen) atoms. The van der Waals surface area contributed by atoms with Crippen molar-refractivity contribution in [1.82, 2.24) is 15.2 Å². The number of aromatic nitrogens is 1. The number of benzene rings is 1. The van der Waals surface area contributed by atoms with Crippen molar-refractivity contribution in [1.29, 1.82) is 0 Å². The molecule has 1 aliphatic rings. The highest BCUT2D eigenvalue weighted by atomic mass is 16.2. The largest absolute Gasteiger partial charge is 0.352 e. The van der Waals surface area contributed by atoms with Crippen molar-refractivity contribution in [3.63, 3.8) is 0 Å². The number of pyridine rings is 1. The predicted octanol–water partition coefficient (Wildman–Crippen LogP) is 3.32. The van der Waals surface area contributed by atoms with Crippen LogP contribution in [0.1, 0.15) is 52.5 Å². The molecule has 142 valence electrons. The molecular weight excluding hydrogens is 338 g/mol. The van der Waals surface area contributed by atoms with E-state index in [1.54, 1.807) is 12.3 Å². The molecule has 1 atom stereocenters. The fraction of sp³-hybridized carbons (Fsp3) is 0.409. The van der Waals surface area contributed by atoms with Gasteiger partial charge in [0.2, 0.25) is 0 Å². The Kier molecular flexibility index (Phi) is 6.58. The van der Waals surface area contributed by atoms with Crippen LogP contribution in [-0.2, 0) is 6.42 Å². The summed E-state index contributed by atoms with van der Waals surface area (Å²) in [7, 11) is 0. The van der Waals surface area contributed by atoms with Crippen LogP contribution in [0.3, 0.4) is 0 Å². The van der Waals surface area contributed by atoms with E-state index in [4.69, 9.17) is 0 Å². The van der Waals surface area contributed by atoms with Gasteiger partial charge in [-0.3, -0.25) is 14.6 Å². The summed E-state index contributed by atoms with van der Waals surface area (Å²) in [6.07, 6.45) is 7.05. The number of carbonyl (C=O) groups excluding carboxylic acids is 2. The van der Waals surface area contributed by atoms with Crippen LogP contribution >= 0.6 is 0 Å². The first-order valence-corrected chi connectivity index (χ1v) is 9.70. The van der Waals surface area contributed by atoms with Crippen LogP contribution < -0.4 is 5.32 Å². The third-order valence-corrected chi connectivity index (χ3v) is 4.96. The number of nitrogens with one attached hydrogen (secondary N) is 1. The maximum Gasteiger partial charge on any atom is 0.255 e. The second kappa shape index (κ2) is 9.31. The van der Waals surface area contributed by atoms with Crippen LogP contribution in [0.25, 0.3) is 0 Å². The molecule has 1 unspecified atom stereocenters. The summed E-state index contributed by atoms with van der Waals surface area (Å²) < 4.78 is 0. The second-order valence-corrected chi connectivity index (χ2v) is 7.31. The molecule has 5 nitrogen and oxygen atoms in total. The van der Waals surface area contributed by atoms with Crippen LogP contribution in [0, 0.1) is 5.92 Å². The van der Waals surface area contributed by atoms with Gasteiger partial charge in [-0.15, -0.1) is 0 Å². The van der Waals surface area contributed by atoms with E-state index in [0.717, 1.165) is 38.8 Å². The summed E-state index contributed by atoms with van der Waals surface area (Å²) in [5, 5.41) is 2.92. The topological polar surface area (TPSA) is 62.3 Å². The van der Waals surface area contributed by atoms with Gasteiger partial charge >= 0.3 is 0 Å². The summed E-state index contributed by atoms with van der Waals surface area (Å²) in [6.45, 7) is 4.31. The number of nitrogens with zero attached hydrogens (tertiary/aromatic N) is 2. The Morgan fingerprint density at radius 2 is 1.96 bits per heavy atom. The fourth-order valence-electron chi connectivity index (χ4n) is 3.48. The minimum absolute atomic E-state index is 0.0345. The Bertz CT molecular complexity index is 776. The van der Waals surface area contributed by atoms with Crippen LogP contribution in [0.5, 0.6) is 0 Å². The number of amides is 2. The first kappa shape index (κ1) is 19.1. The first-order chi connectivity index (χ1) is 13.1. The van der Waals surface area contributed by atoms with Gasteiger partial charge in [0.05, 0.1) is 11.1 Å². The molecule has 1 aromatic carbocycles. The highest BCUT2D eigenvalue weighted by Crippen LogP contribution is 2.18. The molecule has 5 heteroatoms. The number of hydrogen-bond acceptors (Lipinski definition) is 3. The van der Waals surface area contributed by atoms with Gasteiger partial charge in [-0.2, -0.15) is 0 Å². The quantitative estimate of drug-likeness (QED) is 0.799. The normalized spacial score (nSPS) is 16.8. The van der Waals surface area contributed by atoms with Gasteiger partial charge in [0, 0.05) is 32.0 Å². The third-order valence-electron chi connectivity index (χ3n) is 4.96. The summed E-state index contributed by atoms with van der Waals surface area (Å²) in [5.74, 6) is 0.303. The zero-order chi connectivity index (χ0) is 19.1. The lowest BCUT2D eigenvalue weighted by Gasteiger charge is -2.30. The van der Waals surface area contributed by atoms with E-state index in [1.165, 1.54) is 11.8 Å². The Hall–Kier alpha value is -2.69. The van der Waals surface area contributed by atoms with Crippen molar-refractivity contribution in [2.75, 3.05) is 19.6 Å². The van der Waals surface area contributed by atoms with Crippen LogP contribution in [0.2, 0.25) is 0 Å². The van der Waals surface area contributed by atoms with E-state index >= 15 is 0 Å². The lowest BCUT2D eigenvalue weighted by Crippen LogP contribution is -2.39. The number of aryl methyl sites for hydroxylation is 1. The molecule has 0 spiro atoms. The molecule has 3 rings (SSSR count). The smallest absolute Gasteiger partial charge is 0.255 e. The summed E-state index contributed by atoms with van der Waals surface area (Å²) in [6, 6.07) is 11.9. The van der Waals surface area contributed by atoms with Crippen molar-refractivity contribution in [3.05, 3.63) is 65.5 Å². The van der Waals surface area contributed by atoms with Crippen molar-refractivity contribution in [2.24, 2.45) is 5.92 Å². The van der Waals surface area contributed by atoms with Gasteiger partial charge in [-0.25, -0.2) is 0 Å². The Balaban J connectivity index is 1.53. The van der Waals surface area contributed by atoms with Crippen LogP contribution in [0.15, 0.2) is 48.8 Å². The first-order valence-electron chi connectivity index (χ1n) is 9.70. The maximum absolute atomic E-state index is 12.7. The number of piperidine rings is 1. The summed E-state index contributed by atoms with van der Waals surface area (Å²) >= 11 is 0. The van der Waals surface area contributed by atoms with Crippen LogP contribution in [-0.4, -0.2) is 41.3 Å². The lowest BCUT2D eigenvalue weighted by molar-refractivity contribution is 0.0682. The maximum atomic E-state index is 12.7. The zero-order valence-corrected chi connectivity index (χ0v) is 15.9.